The minimum absolute atomic E-state index is 0.188. The summed E-state index contributed by atoms with van der Waals surface area (Å²) in [5.41, 5.74) is 7.45. The van der Waals surface area contributed by atoms with Crippen molar-refractivity contribution < 1.29 is 28.6 Å². The van der Waals surface area contributed by atoms with Crippen LogP contribution in [0.3, 0.4) is 0 Å². The van der Waals surface area contributed by atoms with Crippen LogP contribution in [-0.2, 0) is 9.53 Å². The average Bonchev–Trinajstić information content (AvgIpc) is 3.06. The van der Waals surface area contributed by atoms with Crippen molar-refractivity contribution in [3.63, 3.8) is 0 Å². The highest BCUT2D eigenvalue weighted by Crippen LogP contribution is 2.45. The number of carbonyl (C=O) groups excluding carboxylic acids is 3. The Morgan fingerprint density at radius 3 is 2.11 bits per heavy atom. The van der Waals surface area contributed by atoms with Crippen molar-refractivity contribution in [3.8, 4) is 11.5 Å². The second-order valence-corrected chi connectivity index (χ2v) is 12.8. The lowest BCUT2D eigenvalue weighted by Crippen LogP contribution is -2.25. The zero-order valence-corrected chi connectivity index (χ0v) is 27.0. The van der Waals surface area contributed by atoms with Crippen LogP contribution in [0.1, 0.15) is 129 Å². The Kier molecular flexibility index (Phi) is 13.5. The van der Waals surface area contributed by atoms with E-state index in [4.69, 9.17) is 19.9 Å². The number of amides is 1. The number of carbonyl (C=O) groups is 3. The number of primary amides is 1. The SMILES string of the molecule is C=CC(=O)OCCCCCCOc1ccc(C(=O)Oc2ccc(C3CCC(C4CCC(CCC)CC4)CC3)cc2C(N)=O)cc1. The molecular formula is C38H51NO6. The van der Waals surface area contributed by atoms with E-state index in [2.05, 4.69) is 13.5 Å². The van der Waals surface area contributed by atoms with Crippen molar-refractivity contribution in [1.29, 1.82) is 0 Å². The van der Waals surface area contributed by atoms with Crippen LogP contribution in [0.5, 0.6) is 11.5 Å². The van der Waals surface area contributed by atoms with Crippen molar-refractivity contribution in [2.75, 3.05) is 13.2 Å². The lowest BCUT2D eigenvalue weighted by Gasteiger charge is -2.38. The van der Waals surface area contributed by atoms with Gasteiger partial charge in [0.15, 0.2) is 0 Å². The van der Waals surface area contributed by atoms with Crippen LogP contribution in [0.15, 0.2) is 55.1 Å². The predicted molar refractivity (Wildman–Crippen MR) is 177 cm³/mol. The molecule has 0 radical (unpaired) electrons. The quantitative estimate of drug-likeness (QED) is 0.0876. The molecule has 45 heavy (non-hydrogen) atoms. The smallest absolute Gasteiger partial charge is 0.343 e. The maximum Gasteiger partial charge on any atom is 0.343 e. The van der Waals surface area contributed by atoms with Crippen LogP contribution in [0.2, 0.25) is 0 Å². The third-order valence-corrected chi connectivity index (χ3v) is 9.78. The van der Waals surface area contributed by atoms with Crippen molar-refractivity contribution in [2.45, 2.75) is 103 Å². The lowest BCUT2D eigenvalue weighted by atomic mass is 9.68. The first kappa shape index (κ1) is 34.3. The summed E-state index contributed by atoms with van der Waals surface area (Å²) < 4.78 is 16.4. The van der Waals surface area contributed by atoms with E-state index >= 15 is 0 Å². The van der Waals surface area contributed by atoms with E-state index in [1.165, 1.54) is 51.4 Å². The number of hydrogen-bond donors (Lipinski definition) is 1. The van der Waals surface area contributed by atoms with E-state index < -0.39 is 17.8 Å². The fourth-order valence-electron chi connectivity index (χ4n) is 7.19. The number of ether oxygens (including phenoxy) is 3. The number of rotatable bonds is 16. The first-order valence-corrected chi connectivity index (χ1v) is 17.1. The molecule has 0 atom stereocenters. The molecular weight excluding hydrogens is 566 g/mol. The Bertz CT molecular complexity index is 1260. The molecule has 7 nitrogen and oxygen atoms in total. The van der Waals surface area contributed by atoms with Crippen molar-refractivity contribution in [3.05, 3.63) is 71.8 Å². The second kappa shape index (κ2) is 17.8. The zero-order chi connectivity index (χ0) is 32.0. The van der Waals surface area contributed by atoms with E-state index in [0.29, 0.717) is 30.4 Å². The molecule has 0 bridgehead atoms. The van der Waals surface area contributed by atoms with Gasteiger partial charge < -0.3 is 19.9 Å². The van der Waals surface area contributed by atoms with Crippen LogP contribution < -0.4 is 15.2 Å². The Labute approximate surface area is 268 Å². The Morgan fingerprint density at radius 2 is 1.49 bits per heavy atom. The van der Waals surface area contributed by atoms with Gasteiger partial charge in [0.1, 0.15) is 11.5 Å². The maximum atomic E-state index is 12.9. The van der Waals surface area contributed by atoms with Crippen LogP contribution in [0, 0.1) is 17.8 Å². The molecule has 0 spiro atoms. The standard InChI is InChI=1S/C38H51NO6/c1-3-9-27-10-12-28(13-11-27)29-14-16-30(17-15-29)32-20-23-35(34(26-32)37(39)41)45-38(42)31-18-21-33(22-19-31)43-24-7-5-6-8-25-44-36(40)4-2/h4,18-23,26-30H,2-3,5-17,24-25H2,1H3,(H2,39,41). The van der Waals surface area contributed by atoms with Gasteiger partial charge in [0.25, 0.3) is 5.91 Å². The van der Waals surface area contributed by atoms with Crippen molar-refractivity contribution in [2.24, 2.45) is 23.5 Å². The van der Waals surface area contributed by atoms with Crippen molar-refractivity contribution in [1.82, 2.24) is 0 Å². The molecule has 2 aromatic rings. The molecule has 1 amide bonds. The van der Waals surface area contributed by atoms with Crippen molar-refractivity contribution >= 4 is 17.8 Å². The highest BCUT2D eigenvalue weighted by molar-refractivity contribution is 5.98. The first-order valence-electron chi connectivity index (χ1n) is 17.1. The molecule has 2 saturated carbocycles. The zero-order valence-electron chi connectivity index (χ0n) is 27.0. The monoisotopic (exact) mass is 617 g/mol. The third kappa shape index (κ3) is 10.5. The van der Waals surface area contributed by atoms with Gasteiger partial charge in [-0.05, 0) is 130 Å². The number of unbranched alkanes of at least 4 members (excludes halogenated alkanes) is 3. The molecule has 2 aliphatic carbocycles. The van der Waals surface area contributed by atoms with Gasteiger partial charge in [-0.2, -0.15) is 0 Å². The van der Waals surface area contributed by atoms with Gasteiger partial charge in [0, 0.05) is 6.08 Å². The Hall–Kier alpha value is -3.61. The van der Waals surface area contributed by atoms with Gasteiger partial charge in [-0.1, -0.05) is 45.3 Å². The number of hydrogen-bond acceptors (Lipinski definition) is 6. The fourth-order valence-corrected chi connectivity index (χ4v) is 7.19. The summed E-state index contributed by atoms with van der Waals surface area (Å²) in [6.45, 7) is 6.62. The van der Waals surface area contributed by atoms with Gasteiger partial charge >= 0.3 is 11.9 Å². The fraction of sp³-hybridized carbons (Fsp3) is 0.553. The summed E-state index contributed by atoms with van der Waals surface area (Å²) in [5.74, 6) is 2.34. The van der Waals surface area contributed by atoms with E-state index in [9.17, 15) is 14.4 Å². The van der Waals surface area contributed by atoms with Crippen LogP contribution >= 0.6 is 0 Å². The Morgan fingerprint density at radius 1 is 0.844 bits per heavy atom. The minimum atomic E-state index is -0.598. The summed E-state index contributed by atoms with van der Waals surface area (Å²) in [4.78, 5) is 36.3. The van der Waals surface area contributed by atoms with Gasteiger partial charge in [-0.25, -0.2) is 9.59 Å². The van der Waals surface area contributed by atoms with Gasteiger partial charge in [-0.15, -0.1) is 0 Å². The minimum Gasteiger partial charge on any atom is -0.494 e. The molecule has 0 saturated heterocycles. The molecule has 2 N–H and O–H groups in total. The molecule has 2 fully saturated rings. The highest BCUT2D eigenvalue weighted by Gasteiger charge is 2.31. The van der Waals surface area contributed by atoms with E-state index in [0.717, 1.165) is 67.9 Å². The second-order valence-electron chi connectivity index (χ2n) is 12.8. The molecule has 4 rings (SSSR count). The normalized spacial score (nSPS) is 21.4. The van der Waals surface area contributed by atoms with E-state index in [1.807, 2.05) is 12.1 Å². The van der Waals surface area contributed by atoms with Crippen LogP contribution in [0.25, 0.3) is 0 Å². The number of esters is 2. The summed E-state index contributed by atoms with van der Waals surface area (Å²) >= 11 is 0. The van der Waals surface area contributed by atoms with E-state index in [-0.39, 0.29) is 11.3 Å². The third-order valence-electron chi connectivity index (χ3n) is 9.78. The number of benzene rings is 2. The average molecular weight is 618 g/mol. The molecule has 2 aliphatic rings. The first-order chi connectivity index (χ1) is 21.9. The number of nitrogens with two attached hydrogens (primary N) is 1. The lowest BCUT2D eigenvalue weighted by molar-refractivity contribution is -0.137. The molecule has 2 aromatic carbocycles. The molecule has 0 aromatic heterocycles. The predicted octanol–water partition coefficient (Wildman–Crippen LogP) is 8.55. The summed E-state index contributed by atoms with van der Waals surface area (Å²) in [6, 6.07) is 12.3. The summed E-state index contributed by atoms with van der Waals surface area (Å²) in [6.07, 6.45) is 17.7. The summed E-state index contributed by atoms with van der Waals surface area (Å²) in [5, 5.41) is 0. The maximum absolute atomic E-state index is 12.9. The molecule has 0 unspecified atom stereocenters. The summed E-state index contributed by atoms with van der Waals surface area (Å²) in [7, 11) is 0. The Balaban J connectivity index is 1.22. The molecule has 0 aliphatic heterocycles. The topological polar surface area (TPSA) is 105 Å². The molecule has 244 valence electrons. The molecule has 7 heteroatoms. The van der Waals surface area contributed by atoms with Gasteiger partial charge in [-0.3, -0.25) is 4.79 Å². The molecule has 0 heterocycles. The van der Waals surface area contributed by atoms with Gasteiger partial charge in [0.05, 0.1) is 24.3 Å². The van der Waals surface area contributed by atoms with Crippen LogP contribution in [-0.4, -0.2) is 31.1 Å². The van der Waals surface area contributed by atoms with E-state index in [1.54, 1.807) is 30.3 Å². The largest absolute Gasteiger partial charge is 0.494 e. The highest BCUT2D eigenvalue weighted by atomic mass is 16.5. The van der Waals surface area contributed by atoms with Gasteiger partial charge in [0.2, 0.25) is 0 Å². The van der Waals surface area contributed by atoms with Crippen LogP contribution in [0.4, 0.5) is 0 Å².